The largest absolute Gasteiger partial charge is 0.497 e. The number of aryl methyl sites for hydroxylation is 2. The number of allylic oxidation sites excluding steroid dienone is 1. The van der Waals surface area contributed by atoms with E-state index < -0.39 is 35.0 Å². The van der Waals surface area contributed by atoms with E-state index in [1.165, 1.54) is 30.4 Å². The van der Waals surface area contributed by atoms with E-state index in [9.17, 15) is 9.18 Å². The van der Waals surface area contributed by atoms with Crippen molar-refractivity contribution in [1.29, 1.82) is 0 Å². The number of nitrogens with zero attached hydrogens (tertiary/aromatic N) is 2. The Morgan fingerprint density at radius 1 is 0.909 bits per heavy atom. The highest BCUT2D eigenvalue weighted by Crippen LogP contribution is 2.41. The summed E-state index contributed by atoms with van der Waals surface area (Å²) in [7, 11) is 2.84. The lowest BCUT2D eigenvalue weighted by Crippen LogP contribution is -2.29. The van der Waals surface area contributed by atoms with Gasteiger partial charge < -0.3 is 9.47 Å². The van der Waals surface area contributed by atoms with Crippen LogP contribution in [0.2, 0.25) is 0 Å². The Bertz CT molecular complexity index is 1710. The molecule has 0 aromatic heterocycles. The van der Waals surface area contributed by atoms with Gasteiger partial charge in [0.2, 0.25) is 0 Å². The number of carbonyl (C=O) groups excluding carboxylic acids is 1. The van der Waals surface area contributed by atoms with Crippen LogP contribution in [0, 0.1) is 17.5 Å². The first-order chi connectivity index (χ1) is 21.2. The zero-order chi connectivity index (χ0) is 31.4. The highest BCUT2D eigenvalue weighted by Gasteiger charge is 2.38. The number of rotatable bonds is 10. The summed E-state index contributed by atoms with van der Waals surface area (Å²) >= 11 is 0. The average molecular weight is 599 g/mol. The van der Waals surface area contributed by atoms with Crippen molar-refractivity contribution in [1.82, 2.24) is 5.01 Å². The van der Waals surface area contributed by atoms with Gasteiger partial charge in [0.1, 0.15) is 34.5 Å². The Labute approximate surface area is 255 Å². The molecule has 226 valence electrons. The molecule has 4 aromatic carbocycles. The van der Waals surface area contributed by atoms with Crippen molar-refractivity contribution in [3.8, 4) is 11.5 Å². The number of methoxy groups -OCH3 is 2. The third-order valence-corrected chi connectivity index (χ3v) is 7.63. The second-order valence-corrected chi connectivity index (χ2v) is 10.9. The van der Waals surface area contributed by atoms with Gasteiger partial charge in [-0.15, -0.1) is 0 Å². The smallest absolute Gasteiger partial charge is 0.280 e. The lowest BCUT2D eigenvalue weighted by atomic mass is 9.93. The molecule has 1 unspecified atom stereocenters. The van der Waals surface area contributed by atoms with E-state index in [1.807, 2.05) is 31.2 Å². The van der Waals surface area contributed by atoms with E-state index in [1.54, 1.807) is 19.2 Å². The molecule has 4 aromatic rings. The summed E-state index contributed by atoms with van der Waals surface area (Å²) in [5.41, 5.74) is 5.32. The van der Waals surface area contributed by atoms with Crippen LogP contribution >= 0.6 is 0 Å². The van der Waals surface area contributed by atoms with E-state index >= 15 is 8.78 Å². The Kier molecular flexibility index (Phi) is 9.18. The average Bonchev–Trinajstić information content (AvgIpc) is 3.45. The van der Waals surface area contributed by atoms with Gasteiger partial charge in [0.15, 0.2) is 0 Å². The number of carbonyl (C=O) groups is 1. The number of hydrogen-bond acceptors (Lipinski definition) is 4. The number of hydrazone groups is 1. The van der Waals surface area contributed by atoms with Gasteiger partial charge in [0, 0.05) is 24.1 Å². The van der Waals surface area contributed by atoms with Crippen LogP contribution in [0.3, 0.4) is 0 Å². The maximum absolute atomic E-state index is 15.1. The second kappa shape index (κ2) is 13.2. The van der Waals surface area contributed by atoms with Crippen molar-refractivity contribution < 1.29 is 27.4 Å². The van der Waals surface area contributed by atoms with Gasteiger partial charge >= 0.3 is 0 Å². The maximum Gasteiger partial charge on any atom is 0.280 e. The van der Waals surface area contributed by atoms with Crippen molar-refractivity contribution in [3.05, 3.63) is 142 Å². The number of benzene rings is 4. The van der Waals surface area contributed by atoms with Crippen molar-refractivity contribution in [2.75, 3.05) is 14.2 Å². The van der Waals surface area contributed by atoms with Crippen molar-refractivity contribution in [3.63, 3.8) is 0 Å². The monoisotopic (exact) mass is 598 g/mol. The van der Waals surface area contributed by atoms with Gasteiger partial charge in [0.05, 0.1) is 26.0 Å². The summed E-state index contributed by atoms with van der Waals surface area (Å²) in [4.78, 5) is 13.8. The van der Waals surface area contributed by atoms with Crippen LogP contribution in [0.15, 0.2) is 96.1 Å². The summed E-state index contributed by atoms with van der Waals surface area (Å²) in [6.07, 6.45) is 2.43. The van der Waals surface area contributed by atoms with Gasteiger partial charge in [-0.2, -0.15) is 5.10 Å². The van der Waals surface area contributed by atoms with Crippen LogP contribution in [0.25, 0.3) is 0 Å². The van der Waals surface area contributed by atoms with Crippen LogP contribution in [0.5, 0.6) is 11.5 Å². The number of amides is 1. The molecule has 0 N–H and O–H groups in total. The molecule has 1 heterocycles. The first-order valence-corrected chi connectivity index (χ1v) is 14.3. The van der Waals surface area contributed by atoms with E-state index in [0.717, 1.165) is 41.1 Å². The van der Waals surface area contributed by atoms with Gasteiger partial charge in [-0.05, 0) is 60.6 Å². The van der Waals surface area contributed by atoms with Crippen LogP contribution < -0.4 is 9.47 Å². The standard InChI is InChI=1S/C36H33F3N2O3/c1-22(2)17-24-8-5-7-23(18-24)11-12-26-9-6-10-29(35(26)44-4)33-21-32(25-13-15-27(37)16-14-25)40-41(33)36(42)34-30(38)19-28(43-3)20-31(34)39/h5-10,13-16,18-20,33H,1,11-12,17,21H2,2-4H3. The topological polar surface area (TPSA) is 51.1 Å². The summed E-state index contributed by atoms with van der Waals surface area (Å²) in [5.74, 6) is -2.98. The molecule has 1 atom stereocenters. The summed E-state index contributed by atoms with van der Waals surface area (Å²) in [6.45, 7) is 6.01. The minimum Gasteiger partial charge on any atom is -0.497 e. The first kappa shape index (κ1) is 30.6. The fourth-order valence-corrected chi connectivity index (χ4v) is 5.58. The first-order valence-electron chi connectivity index (χ1n) is 14.3. The molecule has 5 nitrogen and oxygen atoms in total. The number of para-hydroxylation sites is 1. The fraction of sp³-hybridized carbons (Fsp3) is 0.222. The number of halogens is 3. The highest BCUT2D eigenvalue weighted by molar-refractivity contribution is 6.05. The van der Waals surface area contributed by atoms with Gasteiger partial charge in [0.25, 0.3) is 5.91 Å². The van der Waals surface area contributed by atoms with Gasteiger partial charge in [-0.1, -0.05) is 66.7 Å². The molecule has 1 aliphatic heterocycles. The molecule has 0 bridgehead atoms. The summed E-state index contributed by atoms with van der Waals surface area (Å²) in [5, 5.41) is 5.62. The highest BCUT2D eigenvalue weighted by atomic mass is 19.1. The minimum absolute atomic E-state index is 0.0513. The van der Waals surface area contributed by atoms with Crippen molar-refractivity contribution >= 4 is 11.6 Å². The Morgan fingerprint density at radius 2 is 1.59 bits per heavy atom. The molecule has 0 fully saturated rings. The zero-order valence-electron chi connectivity index (χ0n) is 24.9. The van der Waals surface area contributed by atoms with Crippen molar-refractivity contribution in [2.45, 2.75) is 38.6 Å². The minimum atomic E-state index is -1.06. The predicted octanol–water partition coefficient (Wildman–Crippen LogP) is 8.02. The number of hydrogen-bond donors (Lipinski definition) is 0. The lowest BCUT2D eigenvalue weighted by Gasteiger charge is -2.25. The molecule has 0 aliphatic carbocycles. The molecule has 1 aliphatic rings. The Balaban J connectivity index is 1.51. The third kappa shape index (κ3) is 6.54. The van der Waals surface area contributed by atoms with Crippen LogP contribution in [0.1, 0.15) is 57.6 Å². The normalized spacial score (nSPS) is 14.4. The van der Waals surface area contributed by atoms with Gasteiger partial charge in [-0.3, -0.25) is 4.79 Å². The Morgan fingerprint density at radius 3 is 2.25 bits per heavy atom. The Hall–Kier alpha value is -4.85. The SMILES string of the molecule is C=C(C)Cc1cccc(CCc2cccc(C3CC(c4ccc(F)cc4)=NN3C(=O)c3c(F)cc(OC)cc3F)c2OC)c1. The third-order valence-electron chi connectivity index (χ3n) is 7.63. The van der Waals surface area contributed by atoms with E-state index in [0.29, 0.717) is 29.0 Å². The van der Waals surface area contributed by atoms with E-state index in [-0.39, 0.29) is 12.2 Å². The lowest BCUT2D eigenvalue weighted by molar-refractivity contribution is 0.0699. The molecule has 8 heteroatoms. The van der Waals surface area contributed by atoms with Crippen LogP contribution in [0.4, 0.5) is 13.2 Å². The zero-order valence-corrected chi connectivity index (χ0v) is 24.9. The maximum atomic E-state index is 15.1. The van der Waals surface area contributed by atoms with Crippen molar-refractivity contribution in [2.24, 2.45) is 5.10 Å². The predicted molar refractivity (Wildman–Crippen MR) is 165 cm³/mol. The molecular formula is C36H33F3N2O3. The summed E-state index contributed by atoms with van der Waals surface area (Å²) in [6, 6.07) is 20.9. The summed E-state index contributed by atoms with van der Waals surface area (Å²) < 4.78 is 54.7. The van der Waals surface area contributed by atoms with E-state index in [4.69, 9.17) is 9.47 Å². The quantitative estimate of drug-likeness (QED) is 0.174. The van der Waals surface area contributed by atoms with Crippen LogP contribution in [-0.2, 0) is 19.3 Å². The van der Waals surface area contributed by atoms with Gasteiger partial charge in [-0.25, -0.2) is 18.2 Å². The molecule has 1 amide bonds. The molecule has 0 saturated carbocycles. The molecule has 44 heavy (non-hydrogen) atoms. The molecular weight excluding hydrogens is 565 g/mol. The molecule has 5 rings (SSSR count). The fourth-order valence-electron chi connectivity index (χ4n) is 5.58. The van der Waals surface area contributed by atoms with E-state index in [2.05, 4.69) is 29.9 Å². The molecule has 0 spiro atoms. The molecule has 0 saturated heterocycles. The van der Waals surface area contributed by atoms with Crippen LogP contribution in [-0.4, -0.2) is 30.8 Å². The number of ether oxygens (including phenoxy) is 2. The second-order valence-electron chi connectivity index (χ2n) is 10.9. The molecule has 0 radical (unpaired) electrons.